The molecule has 0 spiro atoms. The van der Waals surface area contributed by atoms with Gasteiger partial charge in [-0.15, -0.1) is 0 Å². The fourth-order valence-electron chi connectivity index (χ4n) is 17.1. The third kappa shape index (κ3) is 20.0. The number of anilines is 5. The van der Waals surface area contributed by atoms with E-state index in [4.69, 9.17) is 107 Å². The molecule has 2 unspecified atom stereocenters. The van der Waals surface area contributed by atoms with Crippen LogP contribution in [0, 0.1) is 17.3 Å². The maximum absolute atomic E-state index is 6.38. The van der Waals surface area contributed by atoms with Gasteiger partial charge in [-0.3, -0.25) is 25.5 Å². The molecule has 15 aromatic rings. The van der Waals surface area contributed by atoms with Crippen molar-refractivity contribution in [3.05, 3.63) is 171 Å². The van der Waals surface area contributed by atoms with Gasteiger partial charge in [0.1, 0.15) is 61.8 Å². The Morgan fingerprint density at radius 1 is 0.394 bits per heavy atom. The van der Waals surface area contributed by atoms with E-state index < -0.39 is 0 Å². The molecule has 5 aliphatic rings. The van der Waals surface area contributed by atoms with Crippen LogP contribution < -0.4 is 47.0 Å². The van der Waals surface area contributed by atoms with Crippen LogP contribution in [0.4, 0.5) is 29.1 Å². The normalized spacial score (nSPS) is 17.1. The fourth-order valence-corrected chi connectivity index (χ4v) is 18.4. The summed E-state index contributed by atoms with van der Waals surface area (Å²) < 4.78 is 0. The molecular weight excluding hydrogens is 1730 g/mol. The van der Waals surface area contributed by atoms with Gasteiger partial charge < -0.3 is 47.0 Å². The lowest BCUT2D eigenvalue weighted by Gasteiger charge is -2.39. The van der Waals surface area contributed by atoms with Crippen LogP contribution in [0.3, 0.4) is 0 Å². The predicted molar refractivity (Wildman–Crippen MR) is 513 cm³/mol. The Labute approximate surface area is 766 Å². The van der Waals surface area contributed by atoms with Crippen LogP contribution in [0.15, 0.2) is 140 Å². The topological polar surface area (TPSA) is 391 Å². The second kappa shape index (κ2) is 39.5. The SMILES string of the molecule is CC(N)C1CCN(c2cnc3c(-c4ccccc4Cl)[nH]nc3n2)CC1.CCC(N)C1CCN(c2cnc3c(-c4ccccc4Cl)[nH]nc3n2)CC1.CCC1(C)CCN(c2cnc3c(-c4ccnc(Cl)c4Cl)[nH]nc3n2)CC1.CCC1(N)CCN(c2cnc3c(-c4ccccc4Cl)[nH]nc3n2)CC1.CNC1(C)CCN(c2cnc3c(-c4ccccc4Cl)[nH]nc3n2)CC1. The number of piperidine rings is 5. The number of nitrogens with zero attached hydrogens (tertiary/aromatic N) is 21. The predicted octanol–water partition coefficient (Wildman–Crippen LogP) is 18.2. The molecule has 0 amide bonds. The highest BCUT2D eigenvalue weighted by atomic mass is 35.5. The number of fused-ring (bicyclic) bond motifs is 5. The molecule has 20 rings (SSSR count). The highest BCUT2D eigenvalue weighted by molar-refractivity contribution is 6.43. The van der Waals surface area contributed by atoms with Crippen molar-refractivity contribution >= 4 is 155 Å². The second-order valence-corrected chi connectivity index (χ2v) is 36.5. The Hall–Kier alpha value is -10.6. The number of aromatic nitrogens is 21. The molecule has 0 radical (unpaired) electrons. The molecule has 662 valence electrons. The van der Waals surface area contributed by atoms with Crippen molar-refractivity contribution in [3.63, 3.8) is 0 Å². The molecule has 5 saturated heterocycles. The Morgan fingerprint density at radius 3 is 0.992 bits per heavy atom. The molecule has 11 aromatic heterocycles. The molecule has 30 nitrogen and oxygen atoms in total. The van der Waals surface area contributed by atoms with Gasteiger partial charge in [0.15, 0.2) is 0 Å². The number of hydrogen-bond acceptors (Lipinski definition) is 25. The minimum absolute atomic E-state index is 0.0441. The van der Waals surface area contributed by atoms with Crippen LogP contribution in [-0.2, 0) is 0 Å². The van der Waals surface area contributed by atoms with Crippen molar-refractivity contribution in [2.24, 2.45) is 34.5 Å². The maximum atomic E-state index is 6.38. The molecule has 0 saturated carbocycles. The van der Waals surface area contributed by atoms with Crippen molar-refractivity contribution in [3.8, 4) is 56.3 Å². The lowest BCUT2D eigenvalue weighted by molar-refractivity contribution is 0.238. The smallest absolute Gasteiger partial charge is 0.202 e. The zero-order chi connectivity index (χ0) is 88.7. The van der Waals surface area contributed by atoms with Crippen molar-refractivity contribution in [1.29, 1.82) is 0 Å². The molecule has 127 heavy (non-hydrogen) atoms. The molecule has 5 fully saturated rings. The first-order chi connectivity index (χ1) is 61.5. The summed E-state index contributed by atoms with van der Waals surface area (Å²) in [7, 11) is 2.03. The van der Waals surface area contributed by atoms with E-state index >= 15 is 0 Å². The summed E-state index contributed by atoms with van der Waals surface area (Å²) in [4.78, 5) is 61.8. The van der Waals surface area contributed by atoms with Crippen LogP contribution >= 0.6 is 69.6 Å². The summed E-state index contributed by atoms with van der Waals surface area (Å²) in [5.41, 5.74) is 34.0. The summed E-state index contributed by atoms with van der Waals surface area (Å²) in [5.74, 6) is 5.53. The number of benzene rings is 4. The molecule has 0 aliphatic carbocycles. The Balaban J connectivity index is 0.000000117. The van der Waals surface area contributed by atoms with Gasteiger partial charge in [-0.2, -0.15) is 25.5 Å². The Kier molecular flexibility index (Phi) is 27.9. The third-order valence-corrected chi connectivity index (χ3v) is 28.3. The van der Waals surface area contributed by atoms with Crippen LogP contribution in [0.1, 0.15) is 125 Å². The zero-order valence-electron chi connectivity index (χ0n) is 72.2. The van der Waals surface area contributed by atoms with Crippen LogP contribution in [-0.4, -0.2) is 201 Å². The standard InChI is InChI=1S/C19H23ClN6.C18H20Cl2N6.3C18H21ClN6/c1-2-15(21)12-7-9-26(10-8-12)16-11-22-18-17(24-25-19(18)23-16)13-5-3-4-6-14(13)20;1-3-18(2)5-8-26(9-6-18)12-10-22-15-14(24-25-17(15)23-12)11-4-7-21-16(20)13(11)19;1-18(20-2)7-9-25(10-8-18)14-11-21-16-15(23-24-17(16)22-14)12-5-3-4-6-13(12)19;1-11(20)12-6-8-25(9-7-12)15-10-21-17-16(23-24-18(17)22-15)13-4-2-3-5-14(13)19;1-2-18(20)7-9-25(10-8-18)14-11-21-16-15(23-24-17(16)22-14)12-5-3-4-6-13(12)19/h3-6,11-12,15H,2,7-10,21H2,1H3,(H,23,24,25);4,7,10H,3,5-6,8-9H2,1-2H3,(H,23,24,25);3-6,11,20H,7-10H2,1-2H3,(H,22,23,24);2-5,10-12H,6-9,20H2,1H3,(H,22,23,24);3-6,11H,2,7-10,20H2,1H3,(H,22,23,24). The van der Waals surface area contributed by atoms with Gasteiger partial charge in [-0.25, -0.2) is 54.8 Å². The van der Waals surface area contributed by atoms with Crippen LogP contribution in [0.2, 0.25) is 30.3 Å². The monoisotopic (exact) mass is 1830 g/mol. The van der Waals surface area contributed by atoms with Crippen molar-refractivity contribution < 1.29 is 0 Å². The molecule has 2 atom stereocenters. The van der Waals surface area contributed by atoms with Gasteiger partial charge >= 0.3 is 0 Å². The van der Waals surface area contributed by atoms with Gasteiger partial charge in [0.2, 0.25) is 28.2 Å². The average molecular weight is 1830 g/mol. The van der Waals surface area contributed by atoms with Gasteiger partial charge in [0, 0.05) is 123 Å². The van der Waals surface area contributed by atoms with E-state index in [1.165, 1.54) is 19.3 Å². The first kappa shape index (κ1) is 89.7. The quantitative estimate of drug-likeness (QED) is 0.0406. The number of aromatic amines is 5. The minimum atomic E-state index is -0.0441. The molecular formula is C91H106Cl6N30. The summed E-state index contributed by atoms with van der Waals surface area (Å²) in [5, 5.41) is 43.5. The number of nitrogens with two attached hydrogens (primary N) is 3. The van der Waals surface area contributed by atoms with E-state index in [9.17, 15) is 0 Å². The fraction of sp³-hybridized carbons (Fsp3) is 0.407. The first-order valence-electron chi connectivity index (χ1n) is 43.6. The molecule has 5 aliphatic heterocycles. The summed E-state index contributed by atoms with van der Waals surface area (Å²) >= 11 is 37.5. The number of H-pyrrole nitrogens is 5. The summed E-state index contributed by atoms with van der Waals surface area (Å²) in [6, 6.07) is 32.9. The number of halogens is 6. The van der Waals surface area contributed by atoms with E-state index in [1.54, 1.807) is 12.3 Å². The first-order valence-corrected chi connectivity index (χ1v) is 45.9. The highest BCUT2D eigenvalue weighted by Crippen LogP contribution is 2.41. The van der Waals surface area contributed by atoms with Gasteiger partial charge in [-0.1, -0.05) is 177 Å². The van der Waals surface area contributed by atoms with Crippen molar-refractivity contribution in [2.45, 2.75) is 148 Å². The largest absolute Gasteiger partial charge is 0.355 e. The van der Waals surface area contributed by atoms with E-state index in [-0.39, 0.29) is 22.3 Å². The Morgan fingerprint density at radius 2 is 0.693 bits per heavy atom. The van der Waals surface area contributed by atoms with E-state index in [2.05, 4.69) is 157 Å². The average Bonchev–Trinajstić information content (AvgIpc) is 1.67. The number of nitrogens with one attached hydrogen (secondary N) is 6. The molecule has 36 heteroatoms. The van der Waals surface area contributed by atoms with Crippen LogP contribution in [0.25, 0.3) is 112 Å². The van der Waals surface area contributed by atoms with Gasteiger partial charge in [0.25, 0.3) is 0 Å². The van der Waals surface area contributed by atoms with E-state index in [0.29, 0.717) is 93.4 Å². The van der Waals surface area contributed by atoms with Crippen LogP contribution in [0.5, 0.6) is 0 Å². The molecule has 16 heterocycles. The lowest BCUT2D eigenvalue weighted by atomic mass is 9.78. The molecule has 4 aromatic carbocycles. The number of rotatable bonds is 16. The lowest BCUT2D eigenvalue weighted by Crippen LogP contribution is -2.50. The minimum Gasteiger partial charge on any atom is -0.355 e. The Bertz CT molecular complexity index is 6120. The third-order valence-electron chi connectivity index (χ3n) is 26.2. The zero-order valence-corrected chi connectivity index (χ0v) is 76.8. The highest BCUT2D eigenvalue weighted by Gasteiger charge is 2.34. The number of hydrogen-bond donors (Lipinski definition) is 9. The summed E-state index contributed by atoms with van der Waals surface area (Å²) in [6.45, 7) is 22.8. The van der Waals surface area contributed by atoms with Crippen molar-refractivity contribution in [2.75, 3.05) is 97.0 Å². The van der Waals surface area contributed by atoms with Crippen molar-refractivity contribution in [1.82, 2.24) is 111 Å². The van der Waals surface area contributed by atoms with E-state index in [1.807, 2.05) is 135 Å². The second-order valence-electron chi connectivity index (χ2n) is 34.1. The molecule has 0 bridgehead atoms. The van der Waals surface area contributed by atoms with Gasteiger partial charge in [-0.05, 0) is 146 Å². The molecule has 12 N–H and O–H groups in total. The summed E-state index contributed by atoms with van der Waals surface area (Å²) in [6.07, 6.45) is 24.8. The van der Waals surface area contributed by atoms with Gasteiger partial charge in [0.05, 0.1) is 84.6 Å². The number of pyridine rings is 1. The maximum Gasteiger partial charge on any atom is 0.202 e. The van der Waals surface area contributed by atoms with E-state index in [0.717, 1.165) is 226 Å².